The monoisotopic (exact) mass is 270 g/mol. The standard InChI is InChI=1S/C16H18N2O2/c1-4-12-9-15(10(2)17-16(12)20)18-14-7-5-13(6-8-14)11(3)19/h5-9,18H,4H2,1-3H3,(H,17,20). The van der Waals surface area contributed by atoms with Gasteiger partial charge in [-0.3, -0.25) is 9.59 Å². The molecule has 0 bridgehead atoms. The second-order valence-corrected chi connectivity index (χ2v) is 4.77. The quantitative estimate of drug-likeness (QED) is 0.839. The van der Waals surface area contributed by atoms with Crippen LogP contribution in [0, 0.1) is 6.92 Å². The molecule has 0 atom stereocenters. The van der Waals surface area contributed by atoms with Gasteiger partial charge in [-0.1, -0.05) is 6.92 Å². The zero-order chi connectivity index (χ0) is 14.7. The maximum atomic E-state index is 11.7. The Hall–Kier alpha value is -2.36. The third-order valence-electron chi connectivity index (χ3n) is 3.27. The summed E-state index contributed by atoms with van der Waals surface area (Å²) < 4.78 is 0. The molecule has 0 saturated carbocycles. The summed E-state index contributed by atoms with van der Waals surface area (Å²) in [7, 11) is 0. The lowest BCUT2D eigenvalue weighted by Gasteiger charge is -2.11. The molecule has 1 aromatic heterocycles. The molecule has 2 aromatic rings. The summed E-state index contributed by atoms with van der Waals surface area (Å²) in [5.74, 6) is 0.0463. The topological polar surface area (TPSA) is 62.0 Å². The van der Waals surface area contributed by atoms with Crippen molar-refractivity contribution < 1.29 is 4.79 Å². The van der Waals surface area contributed by atoms with E-state index in [4.69, 9.17) is 0 Å². The molecule has 0 aliphatic rings. The number of nitrogens with one attached hydrogen (secondary N) is 2. The maximum Gasteiger partial charge on any atom is 0.251 e. The molecule has 2 N–H and O–H groups in total. The van der Waals surface area contributed by atoms with Gasteiger partial charge in [0.15, 0.2) is 5.78 Å². The number of aromatic nitrogens is 1. The lowest BCUT2D eigenvalue weighted by molar-refractivity contribution is 0.101. The molecule has 0 spiro atoms. The van der Waals surface area contributed by atoms with Crippen LogP contribution in [0.3, 0.4) is 0 Å². The lowest BCUT2D eigenvalue weighted by Crippen LogP contribution is -2.14. The fraction of sp³-hybridized carbons (Fsp3) is 0.250. The van der Waals surface area contributed by atoms with Gasteiger partial charge in [-0.05, 0) is 50.6 Å². The number of carbonyl (C=O) groups is 1. The zero-order valence-electron chi connectivity index (χ0n) is 11.9. The van der Waals surface area contributed by atoms with E-state index in [-0.39, 0.29) is 11.3 Å². The van der Waals surface area contributed by atoms with Crippen molar-refractivity contribution >= 4 is 17.2 Å². The molecule has 2 rings (SSSR count). The van der Waals surface area contributed by atoms with E-state index in [0.29, 0.717) is 12.0 Å². The molecule has 0 radical (unpaired) electrons. The van der Waals surface area contributed by atoms with Crippen molar-refractivity contribution in [1.82, 2.24) is 4.98 Å². The summed E-state index contributed by atoms with van der Waals surface area (Å²) in [6.07, 6.45) is 0.688. The minimum absolute atomic E-state index is 0.0394. The molecular weight excluding hydrogens is 252 g/mol. The number of Topliss-reactive ketones (excluding diaryl/α,β-unsaturated/α-hetero) is 1. The first kappa shape index (κ1) is 14.1. The van der Waals surface area contributed by atoms with Crippen LogP contribution in [-0.4, -0.2) is 10.8 Å². The minimum atomic E-state index is -0.0394. The van der Waals surface area contributed by atoms with Gasteiger partial charge in [-0.25, -0.2) is 0 Å². The van der Waals surface area contributed by atoms with Gasteiger partial charge in [-0.2, -0.15) is 0 Å². The van der Waals surface area contributed by atoms with Crippen molar-refractivity contribution in [2.24, 2.45) is 0 Å². The third-order valence-corrected chi connectivity index (χ3v) is 3.27. The van der Waals surface area contributed by atoms with Crippen molar-refractivity contribution in [3.63, 3.8) is 0 Å². The van der Waals surface area contributed by atoms with Gasteiger partial charge in [0.05, 0.1) is 5.69 Å². The Morgan fingerprint density at radius 1 is 1.25 bits per heavy atom. The summed E-state index contributed by atoms with van der Waals surface area (Å²) in [6, 6.07) is 9.14. The number of ketones is 1. The number of hydrogen-bond acceptors (Lipinski definition) is 3. The molecule has 20 heavy (non-hydrogen) atoms. The minimum Gasteiger partial charge on any atom is -0.354 e. The second-order valence-electron chi connectivity index (χ2n) is 4.77. The molecule has 4 nitrogen and oxygen atoms in total. The van der Waals surface area contributed by atoms with Gasteiger partial charge in [0, 0.05) is 22.5 Å². The Bertz CT molecular complexity index is 685. The molecule has 104 valence electrons. The van der Waals surface area contributed by atoms with Crippen LogP contribution >= 0.6 is 0 Å². The van der Waals surface area contributed by atoms with Crippen LogP contribution in [0.25, 0.3) is 0 Å². The molecular formula is C16H18N2O2. The number of aromatic amines is 1. The number of benzene rings is 1. The number of aryl methyl sites for hydroxylation is 2. The average Bonchev–Trinajstić information content (AvgIpc) is 2.42. The van der Waals surface area contributed by atoms with Crippen LogP contribution in [0.2, 0.25) is 0 Å². The van der Waals surface area contributed by atoms with Crippen molar-refractivity contribution in [1.29, 1.82) is 0 Å². The Labute approximate surface area is 117 Å². The van der Waals surface area contributed by atoms with E-state index in [1.54, 1.807) is 19.1 Å². The molecule has 1 heterocycles. The number of rotatable bonds is 4. The number of pyridine rings is 1. The third kappa shape index (κ3) is 2.96. The number of hydrogen-bond donors (Lipinski definition) is 2. The average molecular weight is 270 g/mol. The predicted octanol–water partition coefficient (Wildman–Crippen LogP) is 3.19. The second kappa shape index (κ2) is 5.74. The van der Waals surface area contributed by atoms with Gasteiger partial charge in [-0.15, -0.1) is 0 Å². The van der Waals surface area contributed by atoms with E-state index >= 15 is 0 Å². The lowest BCUT2D eigenvalue weighted by atomic mass is 10.1. The van der Waals surface area contributed by atoms with Gasteiger partial charge in [0.2, 0.25) is 0 Å². The summed E-state index contributed by atoms with van der Waals surface area (Å²) in [5, 5.41) is 3.26. The predicted molar refractivity (Wildman–Crippen MR) is 80.9 cm³/mol. The molecule has 0 saturated heterocycles. The highest BCUT2D eigenvalue weighted by Crippen LogP contribution is 2.19. The number of anilines is 2. The molecule has 0 aliphatic heterocycles. The largest absolute Gasteiger partial charge is 0.354 e. The first-order valence-electron chi connectivity index (χ1n) is 6.62. The van der Waals surface area contributed by atoms with Crippen LogP contribution < -0.4 is 10.9 Å². The van der Waals surface area contributed by atoms with Gasteiger partial charge < -0.3 is 10.3 Å². The summed E-state index contributed by atoms with van der Waals surface area (Å²) in [6.45, 7) is 5.35. The Morgan fingerprint density at radius 3 is 2.45 bits per heavy atom. The van der Waals surface area contributed by atoms with Crippen LogP contribution in [0.15, 0.2) is 35.1 Å². The first-order valence-corrected chi connectivity index (χ1v) is 6.62. The van der Waals surface area contributed by atoms with E-state index in [1.807, 2.05) is 32.0 Å². The Kier molecular flexibility index (Phi) is 4.03. The summed E-state index contributed by atoms with van der Waals surface area (Å²) >= 11 is 0. The van der Waals surface area contributed by atoms with Crippen LogP contribution in [0.4, 0.5) is 11.4 Å². The fourth-order valence-corrected chi connectivity index (χ4v) is 2.00. The van der Waals surface area contributed by atoms with E-state index in [2.05, 4.69) is 10.3 Å². The smallest absolute Gasteiger partial charge is 0.251 e. The van der Waals surface area contributed by atoms with Crippen LogP contribution in [0.1, 0.15) is 35.5 Å². The van der Waals surface area contributed by atoms with Crippen molar-refractivity contribution in [3.8, 4) is 0 Å². The first-order chi connectivity index (χ1) is 9.51. The zero-order valence-corrected chi connectivity index (χ0v) is 11.9. The van der Waals surface area contributed by atoms with E-state index in [1.165, 1.54) is 0 Å². The molecule has 0 amide bonds. The highest BCUT2D eigenvalue weighted by molar-refractivity contribution is 5.94. The Morgan fingerprint density at radius 2 is 1.90 bits per heavy atom. The van der Waals surface area contributed by atoms with Gasteiger partial charge >= 0.3 is 0 Å². The summed E-state index contributed by atoms with van der Waals surface area (Å²) in [4.78, 5) is 25.7. The Balaban J connectivity index is 2.30. The van der Waals surface area contributed by atoms with Crippen molar-refractivity contribution in [2.45, 2.75) is 27.2 Å². The van der Waals surface area contributed by atoms with Crippen LogP contribution in [-0.2, 0) is 6.42 Å². The van der Waals surface area contributed by atoms with Gasteiger partial charge in [0.1, 0.15) is 0 Å². The van der Waals surface area contributed by atoms with Gasteiger partial charge in [0.25, 0.3) is 5.56 Å². The molecule has 1 aromatic carbocycles. The van der Waals surface area contributed by atoms with Crippen LogP contribution in [0.5, 0.6) is 0 Å². The molecule has 0 unspecified atom stereocenters. The number of H-pyrrole nitrogens is 1. The van der Waals surface area contributed by atoms with E-state index < -0.39 is 0 Å². The maximum absolute atomic E-state index is 11.7. The highest BCUT2D eigenvalue weighted by Gasteiger charge is 2.05. The number of carbonyl (C=O) groups excluding carboxylic acids is 1. The molecule has 0 fully saturated rings. The SMILES string of the molecule is CCc1cc(Nc2ccc(C(C)=O)cc2)c(C)[nH]c1=O. The molecule has 4 heteroatoms. The van der Waals surface area contributed by atoms with Crippen molar-refractivity contribution in [3.05, 3.63) is 57.5 Å². The van der Waals surface area contributed by atoms with Crippen molar-refractivity contribution in [2.75, 3.05) is 5.32 Å². The van der Waals surface area contributed by atoms with E-state index in [9.17, 15) is 9.59 Å². The fourth-order valence-electron chi connectivity index (χ4n) is 2.00. The normalized spacial score (nSPS) is 10.3. The highest BCUT2D eigenvalue weighted by atomic mass is 16.1. The summed E-state index contributed by atoms with van der Waals surface area (Å²) in [5.41, 5.74) is 3.94. The van der Waals surface area contributed by atoms with E-state index in [0.717, 1.165) is 22.6 Å². The molecule has 0 aliphatic carbocycles.